The Balaban J connectivity index is 2.36. The molecule has 2 N–H and O–H groups in total. The van der Waals surface area contributed by atoms with Gasteiger partial charge in [-0.2, -0.15) is 0 Å². The third-order valence-electron chi connectivity index (χ3n) is 4.23. The van der Waals surface area contributed by atoms with Crippen molar-refractivity contribution >= 4 is 16.0 Å². The highest BCUT2D eigenvalue weighted by Crippen LogP contribution is 2.37. The first-order valence-corrected chi connectivity index (χ1v) is 8.70. The molecule has 7 heteroatoms. The van der Waals surface area contributed by atoms with Gasteiger partial charge in [-0.1, -0.05) is 13.8 Å². The Morgan fingerprint density at radius 3 is 2.43 bits per heavy atom. The number of nitrogens with one attached hydrogen (secondary N) is 1. The predicted octanol–water partition coefficient (Wildman–Crippen LogP) is 2.38. The molecule has 2 rings (SSSR count). The Bertz CT molecular complexity index is 640. The van der Waals surface area contributed by atoms with Crippen LogP contribution in [0.4, 0.5) is 0 Å². The Morgan fingerprint density at radius 1 is 1.43 bits per heavy atom. The normalized spacial score (nSPS) is 16.1. The van der Waals surface area contributed by atoms with E-state index in [0.29, 0.717) is 12.8 Å². The van der Waals surface area contributed by atoms with Crippen LogP contribution in [0.5, 0.6) is 0 Å². The van der Waals surface area contributed by atoms with Crippen molar-refractivity contribution in [1.82, 2.24) is 9.29 Å². The van der Waals surface area contributed by atoms with Gasteiger partial charge >= 0.3 is 5.97 Å². The fourth-order valence-electron chi connectivity index (χ4n) is 2.20. The van der Waals surface area contributed by atoms with Gasteiger partial charge in [0.15, 0.2) is 0 Å². The average Bonchev–Trinajstić information content (AvgIpc) is 3.15. The summed E-state index contributed by atoms with van der Waals surface area (Å²) in [5.74, 6) is -1.10. The highest BCUT2D eigenvalue weighted by molar-refractivity contribution is 7.89. The molecule has 0 atom stereocenters. The lowest BCUT2D eigenvalue weighted by Gasteiger charge is -2.27. The first kappa shape index (κ1) is 16.0. The molecule has 118 valence electrons. The molecule has 1 aliphatic rings. The van der Waals surface area contributed by atoms with E-state index in [2.05, 4.69) is 4.72 Å². The van der Waals surface area contributed by atoms with Crippen molar-refractivity contribution in [3.05, 3.63) is 18.0 Å². The Hall–Kier alpha value is -1.34. The Morgan fingerprint density at radius 2 is 2.00 bits per heavy atom. The number of nitrogens with zero attached hydrogens (tertiary/aromatic N) is 1. The molecule has 0 saturated heterocycles. The predicted molar refractivity (Wildman–Crippen MR) is 79.0 cm³/mol. The largest absolute Gasteiger partial charge is 0.477 e. The fraction of sp³-hybridized carbons (Fsp3) is 0.643. The van der Waals surface area contributed by atoms with Gasteiger partial charge in [-0.3, -0.25) is 0 Å². The second kappa shape index (κ2) is 5.46. The topological polar surface area (TPSA) is 88.4 Å². The van der Waals surface area contributed by atoms with E-state index in [4.69, 9.17) is 0 Å². The zero-order valence-corrected chi connectivity index (χ0v) is 13.4. The molecular weight excluding hydrogens is 292 g/mol. The molecule has 0 spiro atoms. The van der Waals surface area contributed by atoms with E-state index in [1.165, 1.54) is 12.3 Å². The van der Waals surface area contributed by atoms with Crippen molar-refractivity contribution in [1.29, 1.82) is 0 Å². The molecule has 1 aromatic heterocycles. The van der Waals surface area contributed by atoms with Crippen LogP contribution in [-0.4, -0.2) is 29.6 Å². The summed E-state index contributed by atoms with van der Waals surface area (Å²) in [5.41, 5.74) is -0.489. The molecule has 1 aliphatic carbocycles. The number of aromatic carboxylic acids is 1. The summed E-state index contributed by atoms with van der Waals surface area (Å²) in [4.78, 5) is 11.3. The van der Waals surface area contributed by atoms with Gasteiger partial charge in [-0.25, -0.2) is 17.9 Å². The maximum Gasteiger partial charge on any atom is 0.352 e. The number of carboxylic acid groups (broad SMARTS) is 1. The van der Waals surface area contributed by atoms with Crippen molar-refractivity contribution in [3.63, 3.8) is 0 Å². The third-order valence-corrected chi connectivity index (χ3v) is 5.84. The van der Waals surface area contributed by atoms with Crippen LogP contribution in [0.15, 0.2) is 17.2 Å². The Kier molecular flexibility index (Phi) is 4.17. The number of hydrogen-bond acceptors (Lipinski definition) is 3. The smallest absolute Gasteiger partial charge is 0.352 e. The van der Waals surface area contributed by atoms with E-state index in [1.54, 1.807) is 4.57 Å². The zero-order chi connectivity index (χ0) is 15.8. The summed E-state index contributed by atoms with van der Waals surface area (Å²) in [6, 6.07) is 1.36. The van der Waals surface area contributed by atoms with Gasteiger partial charge < -0.3 is 9.67 Å². The van der Waals surface area contributed by atoms with Crippen LogP contribution >= 0.6 is 0 Å². The van der Waals surface area contributed by atoms with Crippen molar-refractivity contribution in [2.45, 2.75) is 62.9 Å². The Labute approximate surface area is 125 Å². The van der Waals surface area contributed by atoms with E-state index >= 15 is 0 Å². The van der Waals surface area contributed by atoms with E-state index in [1.807, 2.05) is 20.8 Å². The van der Waals surface area contributed by atoms with Crippen LogP contribution in [0, 0.1) is 0 Å². The minimum Gasteiger partial charge on any atom is -0.477 e. The van der Waals surface area contributed by atoms with Crippen LogP contribution in [-0.2, 0) is 10.0 Å². The molecule has 0 unspecified atom stereocenters. The number of rotatable bonds is 7. The van der Waals surface area contributed by atoms with Gasteiger partial charge in [0.25, 0.3) is 0 Å². The van der Waals surface area contributed by atoms with Crippen molar-refractivity contribution in [2.75, 3.05) is 0 Å². The van der Waals surface area contributed by atoms with E-state index in [0.717, 1.165) is 12.8 Å². The average molecular weight is 314 g/mol. The van der Waals surface area contributed by atoms with Crippen LogP contribution in [0.25, 0.3) is 0 Å². The minimum absolute atomic E-state index is 0.0277. The van der Waals surface area contributed by atoms with Crippen molar-refractivity contribution in [3.8, 4) is 0 Å². The van der Waals surface area contributed by atoms with Crippen LogP contribution < -0.4 is 4.72 Å². The molecule has 21 heavy (non-hydrogen) atoms. The molecule has 0 aromatic carbocycles. The number of aromatic nitrogens is 1. The number of carbonyl (C=O) groups is 1. The molecule has 1 fully saturated rings. The second-order valence-electron chi connectivity index (χ2n) is 5.88. The summed E-state index contributed by atoms with van der Waals surface area (Å²) in [6.07, 6.45) is 4.55. The SMILES string of the molecule is CCC(C)(CC)NS(=O)(=O)c1cc(C(=O)O)n(C2CC2)c1. The number of carboxylic acids is 1. The summed E-state index contributed by atoms with van der Waals surface area (Å²) >= 11 is 0. The summed E-state index contributed by atoms with van der Waals surface area (Å²) in [7, 11) is -3.72. The van der Waals surface area contributed by atoms with E-state index < -0.39 is 21.5 Å². The highest BCUT2D eigenvalue weighted by atomic mass is 32.2. The fourth-order valence-corrected chi connectivity index (χ4v) is 3.78. The maximum absolute atomic E-state index is 12.5. The molecule has 0 radical (unpaired) electrons. The molecule has 0 amide bonds. The van der Waals surface area contributed by atoms with Gasteiger partial charge in [0.1, 0.15) is 10.6 Å². The molecule has 1 aromatic rings. The first-order chi connectivity index (χ1) is 9.72. The van der Waals surface area contributed by atoms with Crippen molar-refractivity contribution < 1.29 is 18.3 Å². The van der Waals surface area contributed by atoms with Crippen LogP contribution in [0.3, 0.4) is 0 Å². The zero-order valence-electron chi connectivity index (χ0n) is 12.6. The van der Waals surface area contributed by atoms with E-state index in [-0.39, 0.29) is 16.6 Å². The lowest BCUT2D eigenvalue weighted by molar-refractivity contribution is 0.0685. The van der Waals surface area contributed by atoms with Crippen LogP contribution in [0.1, 0.15) is 63.0 Å². The summed E-state index contributed by atoms with van der Waals surface area (Å²) in [6.45, 7) is 5.69. The summed E-state index contributed by atoms with van der Waals surface area (Å²) < 4.78 is 29.2. The lowest BCUT2D eigenvalue weighted by atomic mass is 9.98. The van der Waals surface area contributed by atoms with Gasteiger partial charge in [0.05, 0.1) is 0 Å². The molecule has 0 aliphatic heterocycles. The van der Waals surface area contributed by atoms with Crippen LogP contribution in [0.2, 0.25) is 0 Å². The quantitative estimate of drug-likeness (QED) is 0.808. The maximum atomic E-state index is 12.5. The molecule has 1 saturated carbocycles. The standard InChI is InChI=1S/C14H22N2O4S/c1-4-14(3,5-2)15-21(19,20)11-8-12(13(17)18)16(9-11)10-6-7-10/h8-10,15H,4-7H2,1-3H3,(H,17,18). The van der Waals surface area contributed by atoms with Gasteiger partial charge in [-0.05, 0) is 38.7 Å². The van der Waals surface area contributed by atoms with Gasteiger partial charge in [0, 0.05) is 17.8 Å². The molecule has 0 bridgehead atoms. The minimum atomic E-state index is -3.72. The number of sulfonamides is 1. The van der Waals surface area contributed by atoms with Gasteiger partial charge in [0.2, 0.25) is 10.0 Å². The second-order valence-corrected chi connectivity index (χ2v) is 7.56. The molecule has 1 heterocycles. The highest BCUT2D eigenvalue weighted by Gasteiger charge is 2.33. The lowest BCUT2D eigenvalue weighted by Crippen LogP contribution is -2.44. The summed E-state index contributed by atoms with van der Waals surface area (Å²) in [5, 5.41) is 9.21. The first-order valence-electron chi connectivity index (χ1n) is 7.21. The number of hydrogen-bond donors (Lipinski definition) is 2. The van der Waals surface area contributed by atoms with Gasteiger partial charge in [-0.15, -0.1) is 0 Å². The molecule has 6 nitrogen and oxygen atoms in total. The monoisotopic (exact) mass is 314 g/mol. The molecular formula is C14H22N2O4S. The van der Waals surface area contributed by atoms with E-state index in [9.17, 15) is 18.3 Å². The third kappa shape index (κ3) is 3.29. The van der Waals surface area contributed by atoms with Crippen molar-refractivity contribution in [2.24, 2.45) is 0 Å².